The van der Waals surface area contributed by atoms with E-state index in [4.69, 9.17) is 4.42 Å². The number of hydrogen-bond donors (Lipinski definition) is 0. The summed E-state index contributed by atoms with van der Waals surface area (Å²) in [5, 5.41) is 4.57. The second-order valence-electron chi connectivity index (χ2n) is 13.7. The van der Waals surface area contributed by atoms with E-state index < -0.39 is 0 Å². The zero-order valence-electron chi connectivity index (χ0n) is 29.6. The molecule has 0 spiro atoms. The van der Waals surface area contributed by atoms with Crippen molar-refractivity contribution in [1.29, 1.82) is 0 Å². The smallest absolute Gasteiger partial charge is 0.143 e. The minimum absolute atomic E-state index is 0.887. The van der Waals surface area contributed by atoms with Crippen LogP contribution in [0.1, 0.15) is 0 Å². The molecule has 254 valence electrons. The van der Waals surface area contributed by atoms with Crippen molar-refractivity contribution in [2.75, 3.05) is 4.90 Å². The van der Waals surface area contributed by atoms with E-state index in [-0.39, 0.29) is 0 Å². The van der Waals surface area contributed by atoms with Crippen LogP contribution in [0.3, 0.4) is 0 Å². The Kier molecular flexibility index (Phi) is 7.85. The van der Waals surface area contributed by atoms with Crippen LogP contribution in [0.5, 0.6) is 0 Å². The summed E-state index contributed by atoms with van der Waals surface area (Å²) in [5.74, 6) is 0. The van der Waals surface area contributed by atoms with E-state index in [0.717, 1.165) is 55.5 Å². The molecule has 0 radical (unpaired) electrons. The zero-order chi connectivity index (χ0) is 35.8. The average Bonchev–Trinajstić information content (AvgIpc) is 3.65. The van der Waals surface area contributed by atoms with Gasteiger partial charge in [-0.05, 0) is 104 Å². The first-order valence-electron chi connectivity index (χ1n) is 18.4. The van der Waals surface area contributed by atoms with Crippen LogP contribution in [0.2, 0.25) is 0 Å². The minimum Gasteiger partial charge on any atom is -0.455 e. The van der Waals surface area contributed by atoms with Crippen LogP contribution in [0.4, 0.5) is 17.1 Å². The number of hydrogen-bond acceptors (Lipinski definition) is 2. The van der Waals surface area contributed by atoms with Gasteiger partial charge < -0.3 is 9.32 Å². The summed E-state index contributed by atoms with van der Waals surface area (Å²) in [6.07, 6.45) is 0. The van der Waals surface area contributed by atoms with E-state index in [9.17, 15) is 0 Å². The van der Waals surface area contributed by atoms with Gasteiger partial charge in [-0.1, -0.05) is 158 Å². The number of nitrogens with zero attached hydrogens (tertiary/aromatic N) is 1. The van der Waals surface area contributed by atoms with E-state index in [2.05, 4.69) is 211 Å². The van der Waals surface area contributed by atoms with Crippen LogP contribution >= 0.6 is 0 Å². The summed E-state index contributed by atoms with van der Waals surface area (Å²) in [4.78, 5) is 2.34. The van der Waals surface area contributed by atoms with Gasteiger partial charge in [-0.25, -0.2) is 0 Å². The summed E-state index contributed by atoms with van der Waals surface area (Å²) in [6.45, 7) is 0. The molecule has 0 amide bonds. The molecule has 1 aromatic heterocycles. The molecule has 0 saturated carbocycles. The van der Waals surface area contributed by atoms with Crippen molar-refractivity contribution < 1.29 is 4.42 Å². The molecule has 0 bridgehead atoms. The maximum Gasteiger partial charge on any atom is 0.143 e. The molecule has 0 atom stereocenters. The Morgan fingerprint density at radius 2 is 0.815 bits per heavy atom. The van der Waals surface area contributed by atoms with Gasteiger partial charge in [0.2, 0.25) is 0 Å². The Morgan fingerprint density at radius 1 is 0.315 bits per heavy atom. The Bertz CT molecular complexity index is 2890. The van der Waals surface area contributed by atoms with Crippen LogP contribution in [-0.4, -0.2) is 0 Å². The quantitative estimate of drug-likeness (QED) is 0.166. The number of rotatable bonds is 7. The third-order valence-corrected chi connectivity index (χ3v) is 10.5. The Balaban J connectivity index is 1.09. The van der Waals surface area contributed by atoms with Gasteiger partial charge in [-0.15, -0.1) is 0 Å². The van der Waals surface area contributed by atoms with Crippen LogP contribution in [-0.2, 0) is 0 Å². The molecule has 54 heavy (non-hydrogen) atoms. The molecule has 0 fully saturated rings. The number of para-hydroxylation sites is 2. The first-order chi connectivity index (χ1) is 26.8. The average molecular weight is 690 g/mol. The topological polar surface area (TPSA) is 16.4 Å². The molecular formula is C52H35NO. The third kappa shape index (κ3) is 5.71. The van der Waals surface area contributed by atoms with Crippen molar-refractivity contribution >= 4 is 49.8 Å². The molecule has 0 saturated heterocycles. The van der Waals surface area contributed by atoms with Gasteiger partial charge >= 0.3 is 0 Å². The summed E-state index contributed by atoms with van der Waals surface area (Å²) in [6, 6.07) is 75.7. The molecule has 0 aliphatic rings. The standard InChI is InChI=1S/C52H35NO/c1-4-13-36(14-5-1)38-23-25-39(26-24-38)40-27-30-45(31-28-40)53(44-19-8-3-9-20-44)46-32-29-43-34-49(42-18-12-17-41(33-42)37-15-6-2-7-16-37)52-51(48(43)35-46)47-21-10-11-22-50(47)54-52/h1-35H. The first kappa shape index (κ1) is 31.6. The van der Waals surface area contributed by atoms with Gasteiger partial charge in [0.25, 0.3) is 0 Å². The Labute approximate surface area is 314 Å². The van der Waals surface area contributed by atoms with E-state index >= 15 is 0 Å². The largest absolute Gasteiger partial charge is 0.455 e. The van der Waals surface area contributed by atoms with Gasteiger partial charge in [-0.2, -0.15) is 0 Å². The summed E-state index contributed by atoms with van der Waals surface area (Å²) in [7, 11) is 0. The summed E-state index contributed by atoms with van der Waals surface area (Å²) in [5.41, 5.74) is 14.5. The third-order valence-electron chi connectivity index (χ3n) is 10.5. The number of benzene rings is 9. The molecule has 9 aromatic carbocycles. The van der Waals surface area contributed by atoms with Crippen molar-refractivity contribution in [3.8, 4) is 44.5 Å². The van der Waals surface area contributed by atoms with Gasteiger partial charge in [0.1, 0.15) is 11.2 Å². The van der Waals surface area contributed by atoms with Gasteiger partial charge in [0.05, 0.1) is 0 Å². The molecule has 0 aliphatic carbocycles. The van der Waals surface area contributed by atoms with Crippen LogP contribution in [0, 0.1) is 0 Å². The molecule has 0 aliphatic heterocycles. The minimum atomic E-state index is 0.887. The van der Waals surface area contributed by atoms with E-state index in [1.807, 2.05) is 6.07 Å². The Hall–Kier alpha value is -7.16. The second kappa shape index (κ2) is 13.4. The van der Waals surface area contributed by atoms with Crippen molar-refractivity contribution in [2.24, 2.45) is 0 Å². The first-order valence-corrected chi connectivity index (χ1v) is 18.4. The fourth-order valence-corrected chi connectivity index (χ4v) is 7.77. The van der Waals surface area contributed by atoms with Crippen molar-refractivity contribution in [2.45, 2.75) is 0 Å². The molecule has 0 N–H and O–H groups in total. The van der Waals surface area contributed by atoms with Gasteiger partial charge in [-0.3, -0.25) is 0 Å². The van der Waals surface area contributed by atoms with E-state index in [0.29, 0.717) is 0 Å². The van der Waals surface area contributed by atoms with Crippen molar-refractivity contribution in [3.05, 3.63) is 212 Å². The van der Waals surface area contributed by atoms with Gasteiger partial charge in [0, 0.05) is 33.4 Å². The molecule has 0 unspecified atom stereocenters. The highest BCUT2D eigenvalue weighted by Crippen LogP contribution is 2.44. The second-order valence-corrected chi connectivity index (χ2v) is 13.7. The van der Waals surface area contributed by atoms with Crippen LogP contribution in [0.15, 0.2) is 217 Å². The monoisotopic (exact) mass is 689 g/mol. The number of furan rings is 1. The normalized spacial score (nSPS) is 11.3. The maximum absolute atomic E-state index is 6.74. The molecule has 10 rings (SSSR count). The highest BCUT2D eigenvalue weighted by molar-refractivity contribution is 6.23. The molecule has 2 nitrogen and oxygen atoms in total. The lowest BCUT2D eigenvalue weighted by molar-refractivity contribution is 0.670. The zero-order valence-corrected chi connectivity index (χ0v) is 29.6. The molecule has 1 heterocycles. The lowest BCUT2D eigenvalue weighted by Crippen LogP contribution is -2.09. The Morgan fingerprint density at radius 3 is 1.50 bits per heavy atom. The van der Waals surface area contributed by atoms with E-state index in [1.165, 1.54) is 38.8 Å². The van der Waals surface area contributed by atoms with E-state index in [1.54, 1.807) is 0 Å². The summed E-state index contributed by atoms with van der Waals surface area (Å²) < 4.78 is 6.74. The number of anilines is 3. The van der Waals surface area contributed by atoms with Crippen molar-refractivity contribution in [3.63, 3.8) is 0 Å². The predicted octanol–water partition coefficient (Wildman–Crippen LogP) is 14.9. The molecular weight excluding hydrogens is 655 g/mol. The number of fused-ring (bicyclic) bond motifs is 5. The highest BCUT2D eigenvalue weighted by Gasteiger charge is 2.19. The fourth-order valence-electron chi connectivity index (χ4n) is 7.77. The van der Waals surface area contributed by atoms with Crippen LogP contribution in [0.25, 0.3) is 77.2 Å². The SMILES string of the molecule is c1ccc(-c2ccc(-c3ccc(N(c4ccccc4)c4ccc5cc(-c6cccc(-c7ccccc7)c6)c6oc7ccccc7c6c5c4)cc3)cc2)cc1. The lowest BCUT2D eigenvalue weighted by atomic mass is 9.94. The highest BCUT2D eigenvalue weighted by atomic mass is 16.3. The maximum atomic E-state index is 6.74. The predicted molar refractivity (Wildman–Crippen MR) is 228 cm³/mol. The van der Waals surface area contributed by atoms with Crippen LogP contribution < -0.4 is 4.90 Å². The van der Waals surface area contributed by atoms with Crippen molar-refractivity contribution in [1.82, 2.24) is 0 Å². The lowest BCUT2D eigenvalue weighted by Gasteiger charge is -2.26. The van der Waals surface area contributed by atoms with Gasteiger partial charge in [0.15, 0.2) is 0 Å². The molecule has 2 heteroatoms. The molecule has 10 aromatic rings. The summed E-state index contributed by atoms with van der Waals surface area (Å²) >= 11 is 0. The fraction of sp³-hybridized carbons (Fsp3) is 0.